The third kappa shape index (κ3) is 3.24. The number of hydrogen-bond donors (Lipinski definition) is 0. The molecule has 0 spiro atoms. The maximum atomic E-state index is 12.8. The molecule has 2 aliphatic heterocycles. The minimum absolute atomic E-state index is 0.0901. The van der Waals surface area contributed by atoms with E-state index in [1.165, 1.54) is 4.90 Å². The highest BCUT2D eigenvalue weighted by Gasteiger charge is 2.36. The summed E-state index contributed by atoms with van der Waals surface area (Å²) < 4.78 is 0. The summed E-state index contributed by atoms with van der Waals surface area (Å²) >= 11 is 0. The number of benzene rings is 2. The molecule has 0 radical (unpaired) electrons. The lowest BCUT2D eigenvalue weighted by molar-refractivity contribution is 0.0640. The average molecular weight is 363 g/mol. The van der Waals surface area contributed by atoms with Crippen LogP contribution in [0.4, 0.5) is 0 Å². The predicted octanol–water partition coefficient (Wildman–Crippen LogP) is 1.87. The molecule has 1 saturated heterocycles. The summed E-state index contributed by atoms with van der Waals surface area (Å²) in [5.74, 6) is -0.739. The number of carbonyl (C=O) groups excluding carboxylic acids is 3. The van der Waals surface area contributed by atoms with Gasteiger partial charge in [0.25, 0.3) is 17.7 Å². The highest BCUT2D eigenvalue weighted by molar-refractivity contribution is 6.22. The van der Waals surface area contributed by atoms with Crippen molar-refractivity contribution in [1.82, 2.24) is 14.7 Å². The van der Waals surface area contributed by atoms with Crippen molar-refractivity contribution in [2.45, 2.75) is 6.54 Å². The number of piperazine rings is 1. The van der Waals surface area contributed by atoms with Crippen LogP contribution in [0, 0.1) is 0 Å². The first-order chi connectivity index (χ1) is 13.0. The van der Waals surface area contributed by atoms with E-state index in [-0.39, 0.29) is 24.3 Å². The Bertz CT molecular complexity index is 902. The number of carbonyl (C=O) groups is 3. The zero-order valence-electron chi connectivity index (χ0n) is 15.2. The van der Waals surface area contributed by atoms with Gasteiger partial charge in [-0.3, -0.25) is 19.3 Å². The topological polar surface area (TPSA) is 60.9 Å². The van der Waals surface area contributed by atoms with Crippen LogP contribution in [0.15, 0.2) is 48.5 Å². The number of hydrogen-bond acceptors (Lipinski definition) is 4. The van der Waals surface area contributed by atoms with Crippen LogP contribution in [-0.4, -0.2) is 65.6 Å². The molecule has 138 valence electrons. The molecule has 4 rings (SSSR count). The van der Waals surface area contributed by atoms with E-state index in [4.69, 9.17) is 0 Å². The van der Waals surface area contributed by atoms with Crippen molar-refractivity contribution < 1.29 is 14.4 Å². The molecular weight excluding hydrogens is 342 g/mol. The van der Waals surface area contributed by atoms with Crippen LogP contribution in [0.25, 0.3) is 0 Å². The Morgan fingerprint density at radius 2 is 1.56 bits per heavy atom. The van der Waals surface area contributed by atoms with E-state index >= 15 is 0 Å². The van der Waals surface area contributed by atoms with Gasteiger partial charge in [-0.1, -0.05) is 30.3 Å². The monoisotopic (exact) mass is 363 g/mol. The molecule has 2 heterocycles. The van der Waals surface area contributed by atoms with Gasteiger partial charge < -0.3 is 9.80 Å². The largest absolute Gasteiger partial charge is 0.336 e. The van der Waals surface area contributed by atoms with Gasteiger partial charge in [-0.05, 0) is 30.8 Å². The maximum absolute atomic E-state index is 12.8. The van der Waals surface area contributed by atoms with Crippen LogP contribution in [0.5, 0.6) is 0 Å². The highest BCUT2D eigenvalue weighted by Crippen LogP contribution is 2.26. The van der Waals surface area contributed by atoms with Crippen molar-refractivity contribution in [3.05, 3.63) is 70.8 Å². The molecule has 0 aliphatic carbocycles. The molecule has 1 fully saturated rings. The summed E-state index contributed by atoms with van der Waals surface area (Å²) in [4.78, 5) is 43.4. The first kappa shape index (κ1) is 17.4. The Kier molecular flexibility index (Phi) is 4.49. The van der Waals surface area contributed by atoms with Gasteiger partial charge in [-0.25, -0.2) is 0 Å². The van der Waals surface area contributed by atoms with Crippen molar-refractivity contribution in [2.24, 2.45) is 0 Å². The second-order valence-corrected chi connectivity index (χ2v) is 7.04. The van der Waals surface area contributed by atoms with Crippen LogP contribution in [-0.2, 0) is 6.54 Å². The Labute approximate surface area is 158 Å². The van der Waals surface area contributed by atoms with Gasteiger partial charge in [0.15, 0.2) is 0 Å². The van der Waals surface area contributed by atoms with E-state index in [1.54, 1.807) is 23.1 Å². The quantitative estimate of drug-likeness (QED) is 0.781. The molecule has 6 nitrogen and oxygen atoms in total. The number of amides is 3. The fraction of sp³-hybridized carbons (Fsp3) is 0.286. The molecule has 0 atom stereocenters. The Morgan fingerprint density at radius 1 is 0.889 bits per heavy atom. The minimum atomic E-state index is -0.341. The molecule has 0 N–H and O–H groups in total. The molecule has 3 amide bonds. The fourth-order valence-electron chi connectivity index (χ4n) is 3.53. The van der Waals surface area contributed by atoms with Crippen molar-refractivity contribution in [1.29, 1.82) is 0 Å². The van der Waals surface area contributed by atoms with Crippen LogP contribution in [0.1, 0.15) is 36.6 Å². The van der Waals surface area contributed by atoms with Gasteiger partial charge in [0.05, 0.1) is 17.7 Å². The minimum Gasteiger partial charge on any atom is -0.336 e. The van der Waals surface area contributed by atoms with Gasteiger partial charge in [-0.2, -0.15) is 0 Å². The second kappa shape index (κ2) is 6.96. The molecule has 0 saturated carbocycles. The number of imide groups is 1. The van der Waals surface area contributed by atoms with Gasteiger partial charge in [0.2, 0.25) is 0 Å². The number of rotatable bonds is 3. The normalized spacial score (nSPS) is 17.4. The van der Waals surface area contributed by atoms with Crippen LogP contribution in [0.3, 0.4) is 0 Å². The molecule has 0 aromatic heterocycles. The lowest BCUT2D eigenvalue weighted by Gasteiger charge is -2.32. The summed E-state index contributed by atoms with van der Waals surface area (Å²) in [5, 5.41) is 0. The van der Waals surface area contributed by atoms with Crippen molar-refractivity contribution >= 4 is 17.7 Å². The van der Waals surface area contributed by atoms with E-state index in [0.29, 0.717) is 29.8 Å². The zero-order chi connectivity index (χ0) is 19.0. The maximum Gasteiger partial charge on any atom is 0.261 e. The molecule has 27 heavy (non-hydrogen) atoms. The van der Waals surface area contributed by atoms with Crippen molar-refractivity contribution in [2.75, 3.05) is 33.2 Å². The highest BCUT2D eigenvalue weighted by atomic mass is 16.2. The summed E-state index contributed by atoms with van der Waals surface area (Å²) in [5.41, 5.74) is 2.03. The van der Waals surface area contributed by atoms with Crippen LogP contribution in [0.2, 0.25) is 0 Å². The molecular formula is C21H21N3O3. The molecule has 0 unspecified atom stereocenters. The third-order valence-corrected chi connectivity index (χ3v) is 5.19. The Hall–Kier alpha value is -2.99. The summed E-state index contributed by atoms with van der Waals surface area (Å²) in [6, 6.07) is 14.2. The fourth-order valence-corrected chi connectivity index (χ4v) is 3.53. The van der Waals surface area contributed by atoms with E-state index in [1.807, 2.05) is 37.4 Å². The zero-order valence-corrected chi connectivity index (χ0v) is 15.2. The van der Waals surface area contributed by atoms with E-state index in [9.17, 15) is 14.4 Å². The van der Waals surface area contributed by atoms with Crippen molar-refractivity contribution in [3.63, 3.8) is 0 Å². The van der Waals surface area contributed by atoms with E-state index in [0.717, 1.165) is 18.7 Å². The number of nitrogens with zero attached hydrogens (tertiary/aromatic N) is 3. The number of likely N-dealkylation sites (N-methyl/N-ethyl adjacent to an activating group) is 1. The summed E-state index contributed by atoms with van der Waals surface area (Å²) in [6.07, 6.45) is 0. The van der Waals surface area contributed by atoms with Gasteiger partial charge in [0.1, 0.15) is 0 Å². The molecule has 2 aliphatic rings. The predicted molar refractivity (Wildman–Crippen MR) is 100 cm³/mol. The second-order valence-electron chi connectivity index (χ2n) is 7.04. The van der Waals surface area contributed by atoms with E-state index < -0.39 is 0 Å². The molecule has 0 bridgehead atoms. The average Bonchev–Trinajstić information content (AvgIpc) is 2.93. The molecule has 6 heteroatoms. The van der Waals surface area contributed by atoms with Gasteiger partial charge >= 0.3 is 0 Å². The van der Waals surface area contributed by atoms with E-state index in [2.05, 4.69) is 4.90 Å². The van der Waals surface area contributed by atoms with Gasteiger partial charge in [-0.15, -0.1) is 0 Å². The van der Waals surface area contributed by atoms with Crippen molar-refractivity contribution in [3.8, 4) is 0 Å². The lowest BCUT2D eigenvalue weighted by atomic mass is 10.0. The standard InChI is InChI=1S/C21H21N3O3/c1-22-9-11-23(12-10-22)19(25)16-7-8-17-18(13-16)21(27)24(20(17)26)14-15-5-3-2-4-6-15/h2-8,13H,9-12,14H2,1H3. The third-order valence-electron chi connectivity index (χ3n) is 5.19. The number of fused-ring (bicyclic) bond motifs is 1. The lowest BCUT2D eigenvalue weighted by Crippen LogP contribution is -2.47. The Morgan fingerprint density at radius 3 is 2.26 bits per heavy atom. The summed E-state index contributed by atoms with van der Waals surface area (Å²) in [7, 11) is 2.03. The first-order valence-corrected chi connectivity index (χ1v) is 9.06. The first-order valence-electron chi connectivity index (χ1n) is 9.06. The smallest absolute Gasteiger partial charge is 0.261 e. The SMILES string of the molecule is CN1CCN(C(=O)c2ccc3c(c2)C(=O)N(Cc2ccccc2)C3=O)CC1. The summed E-state index contributed by atoms with van der Waals surface area (Å²) in [6.45, 7) is 3.23. The van der Waals surface area contributed by atoms with Crippen LogP contribution < -0.4 is 0 Å². The Balaban J connectivity index is 1.56. The molecule has 2 aromatic rings. The van der Waals surface area contributed by atoms with Gasteiger partial charge in [0, 0.05) is 31.7 Å². The van der Waals surface area contributed by atoms with Crippen LogP contribution >= 0.6 is 0 Å². The molecule has 2 aromatic carbocycles.